The van der Waals surface area contributed by atoms with Gasteiger partial charge < -0.3 is 10.2 Å². The van der Waals surface area contributed by atoms with Crippen LogP contribution < -0.4 is 0 Å². The summed E-state index contributed by atoms with van der Waals surface area (Å²) in [6.07, 6.45) is 0.212. The maximum Gasteiger partial charge on any atom is 0.209 e. The number of Topliss-reactive ketones (excluding diaryl/α,β-unsaturated/α-hetero) is 2. The first kappa shape index (κ1) is 14.2. The van der Waals surface area contributed by atoms with Crippen LogP contribution in [0.2, 0.25) is 10.0 Å². The maximum atomic E-state index is 12.2. The number of rotatable bonds is 1. The Morgan fingerprint density at radius 3 is 1.74 bits per heavy atom. The smallest absolute Gasteiger partial charge is 0.209 e. The van der Waals surface area contributed by atoms with Crippen LogP contribution in [-0.4, -0.2) is 21.8 Å². The number of phenols is 2. The van der Waals surface area contributed by atoms with Crippen LogP contribution in [0.5, 0.6) is 11.5 Å². The summed E-state index contributed by atoms with van der Waals surface area (Å²) in [5, 5.41) is 18.6. The van der Waals surface area contributed by atoms with Crippen molar-refractivity contribution in [2.24, 2.45) is 0 Å². The predicted molar refractivity (Wildman–Crippen MR) is 71.6 cm³/mol. The van der Waals surface area contributed by atoms with Gasteiger partial charge in [-0.25, -0.2) is 0 Å². The molecular formula is C12H7Cl3O4. The Balaban J connectivity index is 2.92. The molecule has 0 amide bonds. The number of halogens is 3. The summed E-state index contributed by atoms with van der Waals surface area (Å²) < 4.78 is 0. The monoisotopic (exact) mass is 320 g/mol. The van der Waals surface area contributed by atoms with Gasteiger partial charge in [-0.3, -0.25) is 9.59 Å². The van der Waals surface area contributed by atoms with Gasteiger partial charge >= 0.3 is 0 Å². The number of carbonyl (C=O) groups is 2. The van der Waals surface area contributed by atoms with Crippen LogP contribution >= 0.6 is 34.8 Å². The molecule has 0 fully saturated rings. The fraction of sp³-hybridized carbons (Fsp3) is 0.167. The molecule has 2 N–H and O–H groups in total. The summed E-state index contributed by atoms with van der Waals surface area (Å²) in [5.74, 6) is -2.70. The van der Waals surface area contributed by atoms with Crippen LogP contribution in [-0.2, 0) is 0 Å². The second-order valence-electron chi connectivity index (χ2n) is 3.88. The minimum atomic E-state index is -0.764. The van der Waals surface area contributed by atoms with Crippen molar-refractivity contribution in [3.63, 3.8) is 0 Å². The normalized spacial score (nSPS) is 14.9. The quantitative estimate of drug-likeness (QED) is 0.774. The highest BCUT2D eigenvalue weighted by atomic mass is 35.5. The van der Waals surface area contributed by atoms with E-state index in [2.05, 4.69) is 0 Å². The van der Waals surface area contributed by atoms with E-state index in [0.29, 0.717) is 0 Å². The zero-order valence-corrected chi connectivity index (χ0v) is 11.8. The van der Waals surface area contributed by atoms with Gasteiger partial charge in [-0.15, -0.1) is 0 Å². The Bertz CT molecular complexity index is 662. The first-order valence-corrected chi connectivity index (χ1v) is 6.37. The molecule has 2 rings (SSSR count). The van der Waals surface area contributed by atoms with E-state index in [1.165, 1.54) is 0 Å². The van der Waals surface area contributed by atoms with Gasteiger partial charge in [0.15, 0.2) is 5.78 Å². The van der Waals surface area contributed by atoms with E-state index in [4.69, 9.17) is 34.8 Å². The second kappa shape index (κ2) is 4.71. The third-order valence-electron chi connectivity index (χ3n) is 2.88. The van der Waals surface area contributed by atoms with Crippen molar-refractivity contribution < 1.29 is 19.8 Å². The number of hydrogen-bond donors (Lipinski definition) is 2. The number of phenolic OH excluding ortho intramolecular Hbond substituents is 2. The largest absolute Gasteiger partial charge is 0.506 e. The molecule has 19 heavy (non-hydrogen) atoms. The summed E-state index contributed by atoms with van der Waals surface area (Å²) in [7, 11) is 0. The van der Waals surface area contributed by atoms with Crippen molar-refractivity contribution in [2.45, 2.75) is 13.3 Å². The Labute approximate surface area is 123 Å². The molecule has 0 saturated heterocycles. The van der Waals surface area contributed by atoms with E-state index in [9.17, 15) is 19.8 Å². The summed E-state index contributed by atoms with van der Waals surface area (Å²) in [4.78, 5) is 24.2. The van der Waals surface area contributed by atoms with Crippen LogP contribution in [0.25, 0.3) is 0 Å². The average molecular weight is 322 g/mol. The number of ketones is 2. The lowest BCUT2D eigenvalue weighted by atomic mass is 9.87. The van der Waals surface area contributed by atoms with Crippen LogP contribution in [0.3, 0.4) is 0 Å². The molecule has 0 bridgehead atoms. The van der Waals surface area contributed by atoms with Crippen LogP contribution in [0.4, 0.5) is 0 Å². The molecule has 0 aromatic heterocycles. The molecule has 1 aliphatic carbocycles. The number of fused-ring (bicyclic) bond motifs is 1. The molecule has 0 atom stereocenters. The Morgan fingerprint density at radius 2 is 1.32 bits per heavy atom. The zero-order valence-electron chi connectivity index (χ0n) is 9.55. The first-order chi connectivity index (χ1) is 8.82. The van der Waals surface area contributed by atoms with Gasteiger partial charge in [-0.1, -0.05) is 41.7 Å². The van der Waals surface area contributed by atoms with E-state index in [0.717, 1.165) is 0 Å². The lowest BCUT2D eigenvalue weighted by molar-refractivity contribution is 0.0973. The van der Waals surface area contributed by atoms with Crippen LogP contribution in [0.15, 0.2) is 10.6 Å². The molecule has 0 heterocycles. The zero-order chi connectivity index (χ0) is 14.5. The average Bonchev–Trinajstić information content (AvgIpc) is 2.38. The van der Waals surface area contributed by atoms with Crippen LogP contribution in [0.1, 0.15) is 34.1 Å². The predicted octanol–water partition coefficient (Wildman–Crippen LogP) is 3.69. The summed E-state index contributed by atoms with van der Waals surface area (Å²) >= 11 is 17.2. The van der Waals surface area contributed by atoms with Crippen LogP contribution in [0, 0.1) is 0 Å². The minimum absolute atomic E-state index is 0.0623. The van der Waals surface area contributed by atoms with Crippen molar-refractivity contribution >= 4 is 46.4 Å². The molecule has 4 nitrogen and oxygen atoms in total. The Morgan fingerprint density at radius 1 is 0.895 bits per heavy atom. The van der Waals surface area contributed by atoms with E-state index in [-0.39, 0.29) is 27.6 Å². The third-order valence-corrected chi connectivity index (χ3v) is 4.11. The number of benzene rings is 1. The maximum absolute atomic E-state index is 12.2. The molecule has 0 unspecified atom stereocenters. The summed E-state index contributed by atoms with van der Waals surface area (Å²) in [6, 6.07) is 0. The lowest BCUT2D eigenvalue weighted by Gasteiger charge is -2.20. The molecule has 1 aromatic rings. The Hall–Kier alpha value is -1.23. The Kier molecular flexibility index (Phi) is 3.51. The van der Waals surface area contributed by atoms with E-state index in [1.54, 1.807) is 6.92 Å². The molecule has 0 aliphatic heterocycles. The van der Waals surface area contributed by atoms with Crippen molar-refractivity contribution in [3.05, 3.63) is 31.8 Å². The molecule has 1 aliphatic rings. The van der Waals surface area contributed by atoms with Gasteiger partial charge in [0.25, 0.3) is 0 Å². The highest BCUT2D eigenvalue weighted by molar-refractivity contribution is 6.52. The lowest BCUT2D eigenvalue weighted by Crippen LogP contribution is -2.20. The van der Waals surface area contributed by atoms with Gasteiger partial charge in [0.05, 0.1) is 16.2 Å². The molecule has 100 valence electrons. The molecule has 0 saturated carbocycles. The van der Waals surface area contributed by atoms with Crippen molar-refractivity contribution in [3.8, 4) is 11.5 Å². The minimum Gasteiger partial charge on any atom is -0.506 e. The van der Waals surface area contributed by atoms with Gasteiger partial charge in [-0.2, -0.15) is 0 Å². The van der Waals surface area contributed by atoms with Crippen molar-refractivity contribution in [1.82, 2.24) is 0 Å². The number of hydrogen-bond acceptors (Lipinski definition) is 4. The van der Waals surface area contributed by atoms with Gasteiger partial charge in [0.2, 0.25) is 5.78 Å². The molecule has 0 radical (unpaired) electrons. The molecule has 1 aromatic carbocycles. The number of carbonyl (C=O) groups excluding carboxylic acids is 2. The fourth-order valence-electron chi connectivity index (χ4n) is 1.92. The van der Waals surface area contributed by atoms with E-state index >= 15 is 0 Å². The van der Waals surface area contributed by atoms with Crippen molar-refractivity contribution in [1.29, 1.82) is 0 Å². The standard InChI is InChI=1S/C12H7Cl3O4/c1-2-3-6(13)10(17)5-4(9(3)16)11(18)7(14)8(15)12(5)19/h18-19H,2H2,1H3. The topological polar surface area (TPSA) is 74.6 Å². The highest BCUT2D eigenvalue weighted by Crippen LogP contribution is 2.47. The highest BCUT2D eigenvalue weighted by Gasteiger charge is 2.37. The van der Waals surface area contributed by atoms with E-state index < -0.39 is 33.7 Å². The molecule has 0 spiro atoms. The van der Waals surface area contributed by atoms with Gasteiger partial charge in [-0.05, 0) is 6.42 Å². The molecule has 7 heteroatoms. The van der Waals surface area contributed by atoms with Crippen molar-refractivity contribution in [2.75, 3.05) is 0 Å². The number of allylic oxidation sites excluding steroid dienone is 2. The molecular weight excluding hydrogens is 314 g/mol. The van der Waals surface area contributed by atoms with Gasteiger partial charge in [0, 0.05) is 5.57 Å². The number of aromatic hydroxyl groups is 2. The fourth-order valence-corrected chi connectivity index (χ4v) is 2.60. The summed E-state index contributed by atoms with van der Waals surface area (Å²) in [6.45, 7) is 1.64. The SMILES string of the molecule is CCC1=C(Cl)C(=O)c2c(O)c(Cl)c(Cl)c(O)c2C1=O. The first-order valence-electron chi connectivity index (χ1n) is 5.23. The van der Waals surface area contributed by atoms with Gasteiger partial charge in [0.1, 0.15) is 21.5 Å². The second-order valence-corrected chi connectivity index (χ2v) is 5.01. The summed E-state index contributed by atoms with van der Waals surface area (Å²) in [5.41, 5.74) is -0.718. The van der Waals surface area contributed by atoms with E-state index in [1.807, 2.05) is 0 Å². The third kappa shape index (κ3) is 1.83.